The van der Waals surface area contributed by atoms with E-state index in [0.29, 0.717) is 35.8 Å². The van der Waals surface area contributed by atoms with E-state index in [1.165, 1.54) is 5.57 Å². The fourth-order valence-electron chi connectivity index (χ4n) is 5.25. The van der Waals surface area contributed by atoms with Gasteiger partial charge >= 0.3 is 12.0 Å². The summed E-state index contributed by atoms with van der Waals surface area (Å²) in [6, 6.07) is 3.79. The predicted molar refractivity (Wildman–Crippen MR) is 149 cm³/mol. The Kier molecular flexibility index (Phi) is 8.57. The van der Waals surface area contributed by atoms with E-state index in [9.17, 15) is 14.7 Å². The summed E-state index contributed by atoms with van der Waals surface area (Å²) < 4.78 is 5.98. The van der Waals surface area contributed by atoms with E-state index in [2.05, 4.69) is 41.7 Å². The summed E-state index contributed by atoms with van der Waals surface area (Å²) in [7, 11) is 0. The Morgan fingerprint density at radius 3 is 2.45 bits per heavy atom. The molecule has 2 aliphatic rings. The summed E-state index contributed by atoms with van der Waals surface area (Å²) in [6.45, 7) is 10.3. The summed E-state index contributed by atoms with van der Waals surface area (Å²) >= 11 is 1.15. The van der Waals surface area contributed by atoms with Gasteiger partial charge in [0.15, 0.2) is 0 Å². The van der Waals surface area contributed by atoms with E-state index in [4.69, 9.17) is 4.74 Å². The molecule has 1 saturated carbocycles. The van der Waals surface area contributed by atoms with Gasteiger partial charge in [0.2, 0.25) is 5.91 Å². The summed E-state index contributed by atoms with van der Waals surface area (Å²) in [5.41, 5.74) is 1.56. The van der Waals surface area contributed by atoms with Crippen LogP contribution in [0.3, 0.4) is 0 Å². The second kappa shape index (κ2) is 11.7. The van der Waals surface area contributed by atoms with Crippen LogP contribution in [0, 0.1) is 29.1 Å². The van der Waals surface area contributed by atoms with Crippen LogP contribution < -0.4 is 9.64 Å². The zero-order valence-corrected chi connectivity index (χ0v) is 23.7. The van der Waals surface area contributed by atoms with E-state index in [1.807, 2.05) is 20.8 Å². The molecule has 1 fully saturated rings. The molecule has 0 spiro atoms. The number of carboxylic acids is 1. The van der Waals surface area contributed by atoms with Gasteiger partial charge in [0.25, 0.3) is 0 Å². The first-order valence-electron chi connectivity index (χ1n) is 13.3. The lowest BCUT2D eigenvalue weighted by atomic mass is 9.79. The molecule has 0 unspecified atom stereocenters. The summed E-state index contributed by atoms with van der Waals surface area (Å²) in [4.78, 5) is 37.5. The number of aromatic nitrogens is 2. The van der Waals surface area contributed by atoms with Gasteiger partial charge in [-0.1, -0.05) is 30.4 Å². The van der Waals surface area contributed by atoms with Crippen LogP contribution in [0.4, 0.5) is 5.69 Å². The molecule has 0 bridgehead atoms. The normalized spacial score (nSPS) is 23.6. The molecule has 0 radical (unpaired) electrons. The highest BCUT2D eigenvalue weighted by atomic mass is 32.1. The van der Waals surface area contributed by atoms with Crippen molar-refractivity contribution in [3.8, 4) is 17.9 Å². The maximum absolute atomic E-state index is 14.2. The smallest absolute Gasteiger partial charge is 0.348 e. The summed E-state index contributed by atoms with van der Waals surface area (Å²) in [5.74, 6) is 5.33. The SMILES string of the molecule is CC1=CC[C@H](C(=O)N(c2cc(C#CC(C)(C)C)sc2C(=O)O)C2CCC(Oc3ncccn3)CC2)[C@@H](C)C1. The molecule has 8 heteroatoms. The number of amides is 1. The minimum Gasteiger partial charge on any atom is -0.477 e. The van der Waals surface area contributed by atoms with Crippen LogP contribution in [0.15, 0.2) is 36.2 Å². The molecule has 202 valence electrons. The third-order valence-corrected chi connectivity index (χ3v) is 8.18. The number of allylic oxidation sites excluding steroid dienone is 2. The average Bonchev–Trinajstić information content (AvgIpc) is 3.28. The number of carbonyl (C=O) groups is 2. The Labute approximate surface area is 229 Å². The van der Waals surface area contributed by atoms with Crippen molar-refractivity contribution in [2.75, 3.05) is 4.90 Å². The fraction of sp³-hybridized carbons (Fsp3) is 0.533. The van der Waals surface area contributed by atoms with Crippen molar-refractivity contribution in [1.29, 1.82) is 0 Å². The van der Waals surface area contributed by atoms with Gasteiger partial charge < -0.3 is 14.7 Å². The number of carboxylic acid groups (broad SMARTS) is 1. The molecule has 1 amide bonds. The number of rotatable bonds is 6. The third-order valence-electron chi connectivity index (χ3n) is 7.16. The second-order valence-corrected chi connectivity index (χ2v) is 12.5. The van der Waals surface area contributed by atoms with Crippen LogP contribution >= 0.6 is 11.3 Å². The maximum Gasteiger partial charge on any atom is 0.348 e. The number of aromatic carboxylic acids is 1. The quantitative estimate of drug-likeness (QED) is 0.342. The number of anilines is 1. The van der Waals surface area contributed by atoms with Crippen molar-refractivity contribution >= 4 is 28.9 Å². The minimum absolute atomic E-state index is 0.00708. The first-order chi connectivity index (χ1) is 18.0. The second-order valence-electron chi connectivity index (χ2n) is 11.5. The maximum atomic E-state index is 14.2. The lowest BCUT2D eigenvalue weighted by Gasteiger charge is -2.40. The zero-order chi connectivity index (χ0) is 27.4. The highest BCUT2D eigenvalue weighted by Crippen LogP contribution is 2.39. The van der Waals surface area contributed by atoms with Crippen molar-refractivity contribution in [3.63, 3.8) is 0 Å². The Bertz CT molecular complexity index is 1240. The molecular weight excluding hydrogens is 498 g/mol. The third kappa shape index (κ3) is 6.82. The van der Waals surface area contributed by atoms with E-state index in [0.717, 1.165) is 30.6 Å². The predicted octanol–water partition coefficient (Wildman–Crippen LogP) is 6.35. The molecule has 2 aromatic heterocycles. The number of nitrogens with zero attached hydrogens (tertiary/aromatic N) is 3. The van der Waals surface area contributed by atoms with Crippen LogP contribution in [-0.2, 0) is 4.79 Å². The van der Waals surface area contributed by atoms with E-state index < -0.39 is 5.97 Å². The molecule has 2 aliphatic carbocycles. The Balaban J connectivity index is 1.65. The molecule has 0 aromatic carbocycles. The molecule has 2 heterocycles. The van der Waals surface area contributed by atoms with Gasteiger partial charge in [-0.05, 0) is 84.3 Å². The number of ether oxygens (including phenoxy) is 1. The van der Waals surface area contributed by atoms with Gasteiger partial charge in [-0.25, -0.2) is 14.8 Å². The van der Waals surface area contributed by atoms with E-state index in [1.54, 1.807) is 29.4 Å². The van der Waals surface area contributed by atoms with Crippen LogP contribution in [-0.4, -0.2) is 39.1 Å². The summed E-state index contributed by atoms with van der Waals surface area (Å²) in [6.07, 6.45) is 9.84. The van der Waals surface area contributed by atoms with Crippen LogP contribution in [0.2, 0.25) is 0 Å². The fourth-order valence-corrected chi connectivity index (χ4v) is 6.09. The Morgan fingerprint density at radius 1 is 1.16 bits per heavy atom. The molecule has 0 aliphatic heterocycles. The first kappa shape index (κ1) is 27.8. The monoisotopic (exact) mass is 535 g/mol. The molecule has 1 N–H and O–H groups in total. The van der Waals surface area contributed by atoms with Gasteiger partial charge in [0.1, 0.15) is 11.0 Å². The Morgan fingerprint density at radius 2 is 1.84 bits per heavy atom. The molecule has 38 heavy (non-hydrogen) atoms. The van der Waals surface area contributed by atoms with E-state index >= 15 is 0 Å². The zero-order valence-electron chi connectivity index (χ0n) is 22.9. The van der Waals surface area contributed by atoms with Crippen molar-refractivity contribution in [1.82, 2.24) is 9.97 Å². The highest BCUT2D eigenvalue weighted by Gasteiger charge is 2.39. The Hall–Kier alpha value is -3.18. The van der Waals surface area contributed by atoms with Gasteiger partial charge in [0.05, 0.1) is 10.6 Å². The number of thiophene rings is 1. The topological polar surface area (TPSA) is 92.6 Å². The van der Waals surface area contributed by atoms with Crippen molar-refractivity contribution in [2.24, 2.45) is 17.3 Å². The van der Waals surface area contributed by atoms with Crippen molar-refractivity contribution < 1.29 is 19.4 Å². The number of hydrogen-bond donors (Lipinski definition) is 1. The van der Waals surface area contributed by atoms with Crippen LogP contribution in [0.5, 0.6) is 6.01 Å². The number of hydrogen-bond acceptors (Lipinski definition) is 6. The largest absolute Gasteiger partial charge is 0.477 e. The molecule has 2 atom stereocenters. The molecule has 2 aromatic rings. The molecule has 0 saturated heterocycles. The standard InChI is InChI=1S/C30H37N3O4S/c1-19-7-12-24(20(2)17-19)27(34)33(21-8-10-22(11-9-21)37-29-31-15-6-16-32-29)25-18-23(13-14-30(3,4)5)38-26(25)28(35)36/h6-7,15-16,18,20-22,24H,8-12,17H2,1-5H3,(H,35,36)/t20-,21?,22?,24-/m0/s1. The minimum atomic E-state index is -1.03. The van der Waals surface area contributed by atoms with Gasteiger partial charge in [-0.2, -0.15) is 0 Å². The first-order valence-corrected chi connectivity index (χ1v) is 14.2. The summed E-state index contributed by atoms with van der Waals surface area (Å²) in [5, 5.41) is 10.1. The van der Waals surface area contributed by atoms with Gasteiger partial charge in [-0.3, -0.25) is 4.79 Å². The van der Waals surface area contributed by atoms with Crippen molar-refractivity contribution in [2.45, 2.75) is 85.3 Å². The highest BCUT2D eigenvalue weighted by molar-refractivity contribution is 7.15. The lowest BCUT2D eigenvalue weighted by Crippen LogP contribution is -2.48. The van der Waals surface area contributed by atoms with Crippen LogP contribution in [0.25, 0.3) is 0 Å². The average molecular weight is 536 g/mol. The molecule has 4 rings (SSSR count). The molecular formula is C30H37N3O4S. The van der Waals surface area contributed by atoms with Gasteiger partial charge in [-0.15, -0.1) is 11.3 Å². The molecule has 7 nitrogen and oxygen atoms in total. The van der Waals surface area contributed by atoms with Crippen LogP contribution in [0.1, 0.15) is 87.7 Å². The number of carbonyl (C=O) groups excluding carboxylic acids is 1. The van der Waals surface area contributed by atoms with E-state index in [-0.39, 0.29) is 40.2 Å². The van der Waals surface area contributed by atoms with Crippen molar-refractivity contribution in [3.05, 3.63) is 45.9 Å². The van der Waals surface area contributed by atoms with Gasteiger partial charge in [0, 0.05) is 29.8 Å². The lowest BCUT2D eigenvalue weighted by molar-refractivity contribution is -0.124.